The zero-order chi connectivity index (χ0) is 12.1. The first-order chi connectivity index (χ1) is 8.36. The van der Waals surface area contributed by atoms with E-state index in [9.17, 15) is 0 Å². The molecular formula is C14H19N3. The summed E-state index contributed by atoms with van der Waals surface area (Å²) in [5, 5.41) is 0. The molecular weight excluding hydrogens is 210 g/mol. The Kier molecular flexibility index (Phi) is 3.94. The minimum atomic E-state index is 0.737. The number of aryl methyl sites for hydroxylation is 2. The van der Waals surface area contributed by atoms with Gasteiger partial charge in [-0.3, -0.25) is 0 Å². The molecule has 0 aliphatic carbocycles. The summed E-state index contributed by atoms with van der Waals surface area (Å²) >= 11 is 0. The van der Waals surface area contributed by atoms with Crippen LogP contribution < -0.4 is 5.73 Å². The van der Waals surface area contributed by atoms with Crippen molar-refractivity contribution in [1.29, 1.82) is 0 Å². The van der Waals surface area contributed by atoms with Crippen LogP contribution in [0.25, 0.3) is 11.3 Å². The maximum Gasteiger partial charge on any atom is 0.0950 e. The molecule has 0 bridgehead atoms. The summed E-state index contributed by atoms with van der Waals surface area (Å²) in [6.45, 7) is 3.82. The second kappa shape index (κ2) is 5.64. The lowest BCUT2D eigenvalue weighted by Gasteiger charge is -2.10. The first-order valence-electron chi connectivity index (χ1n) is 6.15. The number of hydrogen-bond donors (Lipinski definition) is 1. The molecule has 2 rings (SSSR count). The summed E-state index contributed by atoms with van der Waals surface area (Å²) in [7, 11) is 0. The molecule has 0 unspecified atom stereocenters. The normalized spacial score (nSPS) is 10.7. The van der Waals surface area contributed by atoms with Crippen LogP contribution in [0.5, 0.6) is 0 Å². The molecule has 1 aromatic heterocycles. The number of aromatic nitrogens is 2. The van der Waals surface area contributed by atoms with Gasteiger partial charge in [-0.1, -0.05) is 24.3 Å². The van der Waals surface area contributed by atoms with E-state index in [1.165, 1.54) is 16.8 Å². The number of nitrogens with zero attached hydrogens (tertiary/aromatic N) is 2. The van der Waals surface area contributed by atoms with Crippen LogP contribution in [0.4, 0.5) is 0 Å². The van der Waals surface area contributed by atoms with Gasteiger partial charge in [0.1, 0.15) is 0 Å². The fraction of sp³-hybridized carbons (Fsp3) is 0.357. The Morgan fingerprint density at radius 1 is 1.29 bits per heavy atom. The van der Waals surface area contributed by atoms with Crippen LogP contribution in [0.2, 0.25) is 0 Å². The molecule has 0 aliphatic rings. The average molecular weight is 229 g/mol. The Morgan fingerprint density at radius 3 is 2.88 bits per heavy atom. The molecule has 2 aromatic rings. The number of benzene rings is 1. The van der Waals surface area contributed by atoms with E-state index in [1.807, 2.05) is 12.5 Å². The van der Waals surface area contributed by atoms with Crippen LogP contribution in [0.3, 0.4) is 0 Å². The molecule has 3 nitrogen and oxygen atoms in total. The Hall–Kier alpha value is -1.61. The Labute approximate surface area is 102 Å². The van der Waals surface area contributed by atoms with Gasteiger partial charge in [0.15, 0.2) is 0 Å². The average Bonchev–Trinajstić information content (AvgIpc) is 2.84. The molecule has 0 radical (unpaired) electrons. The van der Waals surface area contributed by atoms with Crippen molar-refractivity contribution in [2.24, 2.45) is 5.73 Å². The molecule has 0 spiro atoms. The fourth-order valence-corrected chi connectivity index (χ4v) is 2.08. The summed E-state index contributed by atoms with van der Waals surface area (Å²) in [5.41, 5.74) is 9.41. The topological polar surface area (TPSA) is 43.8 Å². The van der Waals surface area contributed by atoms with Crippen LogP contribution in [-0.2, 0) is 13.0 Å². The van der Waals surface area contributed by atoms with Crippen LogP contribution in [0.15, 0.2) is 36.8 Å². The standard InChI is InChI=1S/C14H19N3/c1-2-17-11-16-10-14(17)13-8-4-3-6-12(13)7-5-9-15/h3-4,6,8,10-11H,2,5,7,9,15H2,1H3. The highest BCUT2D eigenvalue weighted by atomic mass is 15.0. The Bertz CT molecular complexity index is 474. The van der Waals surface area contributed by atoms with E-state index >= 15 is 0 Å². The van der Waals surface area contributed by atoms with Gasteiger partial charge in [-0.25, -0.2) is 4.98 Å². The van der Waals surface area contributed by atoms with Gasteiger partial charge < -0.3 is 10.3 Å². The van der Waals surface area contributed by atoms with E-state index < -0.39 is 0 Å². The first kappa shape index (κ1) is 11.9. The molecule has 0 fully saturated rings. The predicted molar refractivity (Wildman–Crippen MR) is 70.7 cm³/mol. The van der Waals surface area contributed by atoms with Crippen LogP contribution in [-0.4, -0.2) is 16.1 Å². The molecule has 0 amide bonds. The molecule has 17 heavy (non-hydrogen) atoms. The van der Waals surface area contributed by atoms with Crippen LogP contribution in [0, 0.1) is 0 Å². The van der Waals surface area contributed by atoms with Gasteiger partial charge in [-0.2, -0.15) is 0 Å². The number of rotatable bonds is 5. The van der Waals surface area contributed by atoms with Crippen LogP contribution in [0.1, 0.15) is 18.9 Å². The van der Waals surface area contributed by atoms with Crippen molar-refractivity contribution in [2.45, 2.75) is 26.3 Å². The zero-order valence-electron chi connectivity index (χ0n) is 10.3. The molecule has 3 heteroatoms. The third-order valence-electron chi connectivity index (χ3n) is 3.00. The largest absolute Gasteiger partial charge is 0.331 e. The molecule has 2 N–H and O–H groups in total. The van der Waals surface area contributed by atoms with Crippen LogP contribution >= 0.6 is 0 Å². The van der Waals surface area contributed by atoms with E-state index in [2.05, 4.69) is 40.7 Å². The maximum atomic E-state index is 5.58. The monoisotopic (exact) mass is 229 g/mol. The van der Waals surface area contributed by atoms with E-state index in [0.29, 0.717) is 0 Å². The molecule has 1 aromatic carbocycles. The van der Waals surface area contributed by atoms with Crippen molar-refractivity contribution in [1.82, 2.24) is 9.55 Å². The SMILES string of the molecule is CCn1cncc1-c1ccccc1CCCN. The van der Waals surface area contributed by atoms with Crippen molar-refractivity contribution >= 4 is 0 Å². The second-order valence-electron chi connectivity index (χ2n) is 4.11. The highest BCUT2D eigenvalue weighted by Gasteiger charge is 2.08. The summed E-state index contributed by atoms with van der Waals surface area (Å²) in [4.78, 5) is 4.23. The van der Waals surface area contributed by atoms with E-state index in [1.54, 1.807) is 0 Å². The molecule has 0 saturated heterocycles. The molecule has 0 atom stereocenters. The molecule has 90 valence electrons. The smallest absolute Gasteiger partial charge is 0.0950 e. The summed E-state index contributed by atoms with van der Waals surface area (Å²) in [6.07, 6.45) is 5.87. The van der Waals surface area contributed by atoms with Gasteiger partial charge >= 0.3 is 0 Å². The van der Waals surface area contributed by atoms with Crippen molar-refractivity contribution in [3.05, 3.63) is 42.4 Å². The van der Waals surface area contributed by atoms with Gasteiger partial charge in [0.05, 0.1) is 18.2 Å². The Morgan fingerprint density at radius 2 is 2.12 bits per heavy atom. The third kappa shape index (κ3) is 2.56. The van der Waals surface area contributed by atoms with Crippen molar-refractivity contribution in [3.8, 4) is 11.3 Å². The minimum Gasteiger partial charge on any atom is -0.331 e. The van der Waals surface area contributed by atoms with Gasteiger partial charge in [0.25, 0.3) is 0 Å². The number of hydrogen-bond acceptors (Lipinski definition) is 2. The molecule has 0 saturated carbocycles. The van der Waals surface area contributed by atoms with Gasteiger partial charge in [-0.15, -0.1) is 0 Å². The van der Waals surface area contributed by atoms with Crippen molar-refractivity contribution in [2.75, 3.05) is 6.54 Å². The highest BCUT2D eigenvalue weighted by molar-refractivity contribution is 5.63. The number of imidazole rings is 1. The summed E-state index contributed by atoms with van der Waals surface area (Å²) in [6, 6.07) is 8.50. The third-order valence-corrected chi connectivity index (χ3v) is 3.00. The Balaban J connectivity index is 2.37. The van der Waals surface area contributed by atoms with Gasteiger partial charge in [0, 0.05) is 12.1 Å². The van der Waals surface area contributed by atoms with E-state index in [-0.39, 0.29) is 0 Å². The lowest BCUT2D eigenvalue weighted by Crippen LogP contribution is -2.02. The fourth-order valence-electron chi connectivity index (χ4n) is 2.08. The highest BCUT2D eigenvalue weighted by Crippen LogP contribution is 2.24. The van der Waals surface area contributed by atoms with Gasteiger partial charge in [-0.05, 0) is 31.9 Å². The lowest BCUT2D eigenvalue weighted by molar-refractivity contribution is 0.766. The van der Waals surface area contributed by atoms with Crippen molar-refractivity contribution in [3.63, 3.8) is 0 Å². The minimum absolute atomic E-state index is 0.737. The van der Waals surface area contributed by atoms with E-state index in [4.69, 9.17) is 5.73 Å². The maximum absolute atomic E-state index is 5.58. The predicted octanol–water partition coefficient (Wildman–Crippen LogP) is 2.46. The number of nitrogens with two attached hydrogens (primary N) is 1. The first-order valence-corrected chi connectivity index (χ1v) is 6.15. The summed E-state index contributed by atoms with van der Waals surface area (Å²) < 4.78 is 2.17. The quantitative estimate of drug-likeness (QED) is 0.856. The zero-order valence-corrected chi connectivity index (χ0v) is 10.3. The molecule has 0 aliphatic heterocycles. The second-order valence-corrected chi connectivity index (χ2v) is 4.11. The molecule has 1 heterocycles. The van der Waals surface area contributed by atoms with E-state index in [0.717, 1.165) is 25.9 Å². The summed E-state index contributed by atoms with van der Waals surface area (Å²) in [5.74, 6) is 0. The van der Waals surface area contributed by atoms with Crippen molar-refractivity contribution < 1.29 is 0 Å². The lowest BCUT2D eigenvalue weighted by atomic mass is 10.0. The van der Waals surface area contributed by atoms with Gasteiger partial charge in [0.2, 0.25) is 0 Å².